The molecule has 0 bridgehead atoms. The first-order valence-electron chi connectivity index (χ1n) is 5.83. The Morgan fingerprint density at radius 1 is 1.38 bits per heavy atom. The topological polar surface area (TPSA) is 3.24 Å². The first-order valence-corrected chi connectivity index (χ1v) is 6.59. The van der Waals surface area contributed by atoms with Crippen LogP contribution in [0.15, 0.2) is 18.2 Å². The number of benzene rings is 1. The number of likely N-dealkylation sites (tertiary alicyclic amines) is 1. The number of likely N-dealkylation sites (N-methyl/N-ethyl adjacent to an activating group) is 1. The maximum Gasteiger partial charge on any atom is 0.0595 e. The Kier molecular flexibility index (Phi) is 2.47. The maximum absolute atomic E-state index is 6.10. The van der Waals surface area contributed by atoms with E-state index < -0.39 is 0 Å². The van der Waals surface area contributed by atoms with E-state index in [0.717, 1.165) is 12.5 Å². The van der Waals surface area contributed by atoms with Crippen LogP contribution in [0.5, 0.6) is 0 Å². The molecule has 1 aromatic rings. The molecule has 0 N–H and O–H groups in total. The number of fused-ring (bicyclic) bond motifs is 1. The lowest BCUT2D eigenvalue weighted by Crippen LogP contribution is -2.26. The average Bonchev–Trinajstić information content (AvgIpc) is 2.86. The van der Waals surface area contributed by atoms with Crippen molar-refractivity contribution in [2.75, 3.05) is 19.6 Å². The van der Waals surface area contributed by atoms with Gasteiger partial charge in [-0.15, -0.1) is 0 Å². The smallest absolute Gasteiger partial charge is 0.0595 e. The molecule has 0 unspecified atom stereocenters. The maximum atomic E-state index is 6.10. The fourth-order valence-corrected chi connectivity index (χ4v) is 3.38. The van der Waals surface area contributed by atoms with Crippen molar-refractivity contribution in [3.8, 4) is 0 Å². The average molecular weight is 256 g/mol. The van der Waals surface area contributed by atoms with Gasteiger partial charge in [-0.25, -0.2) is 0 Å². The van der Waals surface area contributed by atoms with E-state index in [-0.39, 0.29) is 0 Å². The Hall–Kier alpha value is -0.240. The third-order valence-corrected chi connectivity index (χ3v) is 4.90. The molecule has 1 saturated heterocycles. The van der Waals surface area contributed by atoms with Gasteiger partial charge in [0.15, 0.2) is 0 Å². The molecule has 0 amide bonds. The van der Waals surface area contributed by atoms with Crippen molar-refractivity contribution in [1.29, 1.82) is 0 Å². The van der Waals surface area contributed by atoms with Crippen molar-refractivity contribution in [3.05, 3.63) is 33.8 Å². The largest absolute Gasteiger partial charge is 0.302 e. The number of hydrogen-bond donors (Lipinski definition) is 0. The van der Waals surface area contributed by atoms with E-state index >= 15 is 0 Å². The molecule has 3 heteroatoms. The Morgan fingerprint density at radius 3 is 2.81 bits per heavy atom. The molecule has 1 nitrogen and oxygen atoms in total. The van der Waals surface area contributed by atoms with Crippen molar-refractivity contribution in [2.45, 2.75) is 18.8 Å². The Morgan fingerprint density at radius 2 is 2.19 bits per heavy atom. The van der Waals surface area contributed by atoms with Crippen molar-refractivity contribution < 1.29 is 0 Å². The van der Waals surface area contributed by atoms with E-state index in [1.54, 1.807) is 0 Å². The van der Waals surface area contributed by atoms with Crippen LogP contribution in [-0.4, -0.2) is 24.5 Å². The van der Waals surface area contributed by atoms with Crippen molar-refractivity contribution >= 4 is 23.2 Å². The highest BCUT2D eigenvalue weighted by Gasteiger charge is 2.60. The summed E-state index contributed by atoms with van der Waals surface area (Å²) in [7, 11) is 0. The molecule has 2 fully saturated rings. The molecule has 0 aromatic heterocycles. The molecule has 3 rings (SSSR count). The Labute approximate surface area is 106 Å². The number of halogens is 2. The van der Waals surface area contributed by atoms with E-state index in [1.165, 1.54) is 25.1 Å². The highest BCUT2D eigenvalue weighted by atomic mass is 35.5. The van der Waals surface area contributed by atoms with E-state index in [1.807, 2.05) is 6.07 Å². The fourth-order valence-electron chi connectivity index (χ4n) is 3.08. The molecule has 16 heavy (non-hydrogen) atoms. The zero-order valence-corrected chi connectivity index (χ0v) is 10.9. The van der Waals surface area contributed by atoms with Crippen LogP contribution in [0.25, 0.3) is 0 Å². The summed E-state index contributed by atoms with van der Waals surface area (Å²) in [5.74, 6) is 0.838. The molecule has 0 radical (unpaired) electrons. The van der Waals surface area contributed by atoms with Crippen LogP contribution in [0, 0.1) is 5.92 Å². The predicted molar refractivity (Wildman–Crippen MR) is 68.4 cm³/mol. The first kappa shape index (κ1) is 10.9. The second-order valence-electron chi connectivity index (χ2n) is 5.01. The predicted octanol–water partition coefficient (Wildman–Crippen LogP) is 3.59. The van der Waals surface area contributed by atoms with E-state index in [2.05, 4.69) is 24.0 Å². The minimum atomic E-state index is 0.393. The summed E-state index contributed by atoms with van der Waals surface area (Å²) in [6.45, 7) is 5.82. The van der Waals surface area contributed by atoms with Gasteiger partial charge >= 0.3 is 0 Å². The molecule has 1 saturated carbocycles. The van der Waals surface area contributed by atoms with Gasteiger partial charge in [0.1, 0.15) is 0 Å². The minimum absolute atomic E-state index is 0.393. The molecule has 1 heterocycles. The van der Waals surface area contributed by atoms with Crippen LogP contribution in [0.2, 0.25) is 10.0 Å². The molecule has 86 valence electrons. The third-order valence-electron chi connectivity index (χ3n) is 4.16. The molecular weight excluding hydrogens is 241 g/mol. The highest BCUT2D eigenvalue weighted by Crippen LogP contribution is 2.59. The van der Waals surface area contributed by atoms with E-state index in [9.17, 15) is 0 Å². The number of piperidine rings is 1. The summed E-state index contributed by atoms with van der Waals surface area (Å²) in [4.78, 5) is 2.52. The molecule has 1 aliphatic heterocycles. The van der Waals surface area contributed by atoms with Crippen LogP contribution in [-0.2, 0) is 5.41 Å². The van der Waals surface area contributed by atoms with Gasteiger partial charge in [0, 0.05) is 18.5 Å². The van der Waals surface area contributed by atoms with Gasteiger partial charge in [0.25, 0.3) is 0 Å². The van der Waals surface area contributed by atoms with E-state index in [4.69, 9.17) is 23.2 Å². The second kappa shape index (κ2) is 3.63. The summed E-state index contributed by atoms with van der Waals surface area (Å²) in [6, 6.07) is 6.13. The Balaban J connectivity index is 1.91. The van der Waals surface area contributed by atoms with Crippen LogP contribution >= 0.6 is 23.2 Å². The lowest BCUT2D eigenvalue weighted by atomic mass is 9.95. The van der Waals surface area contributed by atoms with Crippen molar-refractivity contribution in [3.63, 3.8) is 0 Å². The molecular formula is C13H15Cl2N. The molecule has 0 spiro atoms. The monoisotopic (exact) mass is 255 g/mol. The van der Waals surface area contributed by atoms with Crippen LogP contribution in [0.3, 0.4) is 0 Å². The van der Waals surface area contributed by atoms with Gasteiger partial charge < -0.3 is 4.90 Å². The summed E-state index contributed by atoms with van der Waals surface area (Å²) in [5, 5.41) is 1.35. The summed E-state index contributed by atoms with van der Waals surface area (Å²) < 4.78 is 0. The zero-order valence-electron chi connectivity index (χ0n) is 9.34. The quantitative estimate of drug-likeness (QED) is 0.781. The number of nitrogens with zero attached hydrogens (tertiary/aromatic N) is 1. The molecule has 2 aliphatic rings. The lowest BCUT2D eigenvalue weighted by Gasteiger charge is -2.19. The highest BCUT2D eigenvalue weighted by molar-refractivity contribution is 6.42. The summed E-state index contributed by atoms with van der Waals surface area (Å²) in [5.41, 5.74) is 1.77. The van der Waals surface area contributed by atoms with E-state index in [0.29, 0.717) is 15.5 Å². The number of rotatable bonds is 2. The molecule has 1 aromatic carbocycles. The number of hydrogen-bond acceptors (Lipinski definition) is 1. The molecule has 2 atom stereocenters. The summed E-state index contributed by atoms with van der Waals surface area (Å²) >= 11 is 12.1. The Bertz CT molecular complexity index is 432. The van der Waals surface area contributed by atoms with Gasteiger partial charge in [0.05, 0.1) is 10.0 Å². The van der Waals surface area contributed by atoms with Crippen molar-refractivity contribution in [2.24, 2.45) is 5.92 Å². The van der Waals surface area contributed by atoms with Crippen molar-refractivity contribution in [1.82, 2.24) is 4.90 Å². The standard InChI is InChI=1S/C13H15Cl2N/c1-2-16-7-10-6-13(10,8-16)9-3-4-11(14)12(15)5-9/h3-5,10H,2,6-8H2,1H3/t10-,13-/m0/s1. The zero-order chi connectivity index (χ0) is 11.3. The fraction of sp³-hybridized carbons (Fsp3) is 0.538. The minimum Gasteiger partial charge on any atom is -0.302 e. The lowest BCUT2D eigenvalue weighted by molar-refractivity contribution is 0.314. The summed E-state index contributed by atoms with van der Waals surface area (Å²) in [6.07, 6.45) is 1.32. The SMILES string of the molecule is CCN1C[C@@H]2C[C@@]2(c2ccc(Cl)c(Cl)c2)C1. The van der Waals surface area contributed by atoms with Gasteiger partial charge in [-0.05, 0) is 36.6 Å². The van der Waals surface area contributed by atoms with Gasteiger partial charge in [0.2, 0.25) is 0 Å². The molecule has 1 aliphatic carbocycles. The van der Waals surface area contributed by atoms with Gasteiger partial charge in [-0.1, -0.05) is 36.2 Å². The third kappa shape index (κ3) is 1.49. The van der Waals surface area contributed by atoms with Crippen LogP contribution in [0.4, 0.5) is 0 Å². The first-order chi connectivity index (χ1) is 7.65. The van der Waals surface area contributed by atoms with Crippen LogP contribution < -0.4 is 0 Å². The van der Waals surface area contributed by atoms with Gasteiger partial charge in [-0.2, -0.15) is 0 Å². The van der Waals surface area contributed by atoms with Crippen LogP contribution in [0.1, 0.15) is 18.9 Å². The van der Waals surface area contributed by atoms with Gasteiger partial charge in [-0.3, -0.25) is 0 Å². The normalized spacial score (nSPS) is 32.8. The second-order valence-corrected chi connectivity index (χ2v) is 5.83.